The molecule has 0 heterocycles. The number of hydrogen-bond donors (Lipinski definition) is 0. The minimum atomic E-state index is -1.78. The van der Waals surface area contributed by atoms with Crippen LogP contribution < -0.4 is 29.6 Å². The smallest absolute Gasteiger partial charge is 0.420 e. The molecule has 1 radical (unpaired) electrons. The van der Waals surface area contributed by atoms with Gasteiger partial charge >= 0.3 is 29.6 Å². The van der Waals surface area contributed by atoms with Crippen molar-refractivity contribution >= 4 is 23.7 Å². The van der Waals surface area contributed by atoms with Crippen molar-refractivity contribution in [2.45, 2.75) is 155 Å². The third kappa shape index (κ3) is 5.17. The van der Waals surface area contributed by atoms with Crippen LogP contribution in [0.5, 0.6) is 0 Å². The Labute approximate surface area is 206 Å². The Hall–Kier alpha value is 1.65. The second kappa shape index (κ2) is 8.54. The monoisotopic (exact) mass is 449 g/mol. The van der Waals surface area contributed by atoms with Gasteiger partial charge < -0.3 is 8.55 Å². The largest absolute Gasteiger partial charge is 1.00 e. The van der Waals surface area contributed by atoms with Crippen LogP contribution in [-0.4, -0.2) is 23.7 Å². The van der Waals surface area contributed by atoms with Gasteiger partial charge in [0.25, 0.3) is 0 Å². The maximum atomic E-state index is 2.58. The summed E-state index contributed by atoms with van der Waals surface area (Å²) in [5.74, 6) is 0. The Morgan fingerprint density at radius 1 is 0.321 bits per heavy atom. The summed E-state index contributed by atoms with van der Waals surface area (Å²) in [4.78, 5) is 0. The van der Waals surface area contributed by atoms with Gasteiger partial charge in [-0.15, -0.1) is 15.2 Å². The van der Waals surface area contributed by atoms with Crippen molar-refractivity contribution in [2.75, 3.05) is 0 Å². The molecule has 0 aromatic carbocycles. The van der Waals surface area contributed by atoms with Gasteiger partial charge in [-0.3, -0.25) is 0 Å². The Kier molecular flexibility index (Phi) is 9.71. The summed E-state index contributed by atoms with van der Waals surface area (Å²) in [6.45, 7) is 46.4. The molecule has 4 heteroatoms. The van der Waals surface area contributed by atoms with Crippen LogP contribution in [0.25, 0.3) is 0 Å². The third-order valence-electron chi connectivity index (χ3n) is 7.12. The Morgan fingerprint density at radius 3 is 0.500 bits per heavy atom. The van der Waals surface area contributed by atoms with Gasteiger partial charge in [0.1, 0.15) is 0 Å². The molecule has 0 aliphatic rings. The third-order valence-corrected chi connectivity index (χ3v) is 43.9. The van der Waals surface area contributed by atoms with Crippen molar-refractivity contribution in [3.05, 3.63) is 0 Å². The molecule has 0 rings (SSSR count). The molecular formula is C24H54NaSi3. The van der Waals surface area contributed by atoms with Crippen LogP contribution in [-0.2, 0) is 0 Å². The van der Waals surface area contributed by atoms with Crippen LogP contribution in [0.3, 0.4) is 0 Å². The zero-order valence-corrected chi connectivity index (χ0v) is 28.5. The maximum Gasteiger partial charge on any atom is 1.00 e. The summed E-state index contributed by atoms with van der Waals surface area (Å²) in [5.41, 5.74) is 0. The van der Waals surface area contributed by atoms with E-state index in [0.717, 1.165) is 8.55 Å². The number of rotatable bonds is 2. The molecule has 0 saturated carbocycles. The Morgan fingerprint density at radius 2 is 0.429 bits per heavy atom. The summed E-state index contributed by atoms with van der Waals surface area (Å²) in [6.07, 6.45) is 0. The van der Waals surface area contributed by atoms with E-state index in [1.165, 1.54) is 0 Å². The second-order valence-electron chi connectivity index (χ2n) is 15.1. The molecule has 163 valence electrons. The fourth-order valence-corrected chi connectivity index (χ4v) is 58.2. The molecule has 0 N–H and O–H groups in total. The molecule has 0 amide bonds. The molecule has 0 atom stereocenters. The molecule has 0 aliphatic carbocycles. The van der Waals surface area contributed by atoms with E-state index in [2.05, 4.69) is 125 Å². The molecule has 0 fully saturated rings. The summed E-state index contributed by atoms with van der Waals surface area (Å²) in [7, 11) is -2.41. The minimum Gasteiger partial charge on any atom is -0.420 e. The van der Waals surface area contributed by atoms with Crippen molar-refractivity contribution in [2.24, 2.45) is 0 Å². The SMILES string of the molecule is CC(C)(C)[Si]([Si-][Si](C(C)(C)C)(C(C)(C)C)C(C)(C)C)(C(C)(C)C)C(C)(C)C.[Na+]. The zero-order valence-electron chi connectivity index (χ0n) is 23.5. The van der Waals surface area contributed by atoms with Gasteiger partial charge in [0.2, 0.25) is 0 Å². The predicted octanol–water partition coefficient (Wildman–Crippen LogP) is 6.39. The first-order valence-electron chi connectivity index (χ1n) is 11.0. The van der Waals surface area contributed by atoms with Gasteiger partial charge in [-0.25, -0.2) is 0 Å². The molecule has 0 saturated heterocycles. The minimum absolute atomic E-state index is 0. The summed E-state index contributed by atoms with van der Waals surface area (Å²) in [6, 6.07) is 0. The fourth-order valence-electron chi connectivity index (χ4n) is 8.16. The van der Waals surface area contributed by atoms with Crippen LogP contribution in [0, 0.1) is 0 Å². The van der Waals surface area contributed by atoms with E-state index >= 15 is 0 Å². The molecular weight excluding hydrogens is 396 g/mol. The van der Waals surface area contributed by atoms with Crippen molar-refractivity contribution in [3.63, 3.8) is 0 Å². The van der Waals surface area contributed by atoms with Crippen molar-refractivity contribution in [3.8, 4) is 0 Å². The van der Waals surface area contributed by atoms with Crippen LogP contribution >= 0.6 is 0 Å². The molecule has 0 unspecified atom stereocenters. The van der Waals surface area contributed by atoms with Gasteiger partial charge in [-0.1, -0.05) is 155 Å². The van der Waals surface area contributed by atoms with Gasteiger partial charge in [0.15, 0.2) is 0 Å². The van der Waals surface area contributed by atoms with Crippen LogP contribution in [0.4, 0.5) is 0 Å². The van der Waals surface area contributed by atoms with E-state index in [4.69, 9.17) is 0 Å². The van der Waals surface area contributed by atoms with Crippen molar-refractivity contribution in [1.82, 2.24) is 0 Å². The quantitative estimate of drug-likeness (QED) is 0.429. The van der Waals surface area contributed by atoms with E-state index in [1.807, 2.05) is 0 Å². The van der Waals surface area contributed by atoms with Gasteiger partial charge in [-0.05, 0) is 0 Å². The van der Waals surface area contributed by atoms with E-state index < -0.39 is 15.2 Å². The summed E-state index contributed by atoms with van der Waals surface area (Å²) in [5, 5.41) is 2.26. The molecule has 28 heavy (non-hydrogen) atoms. The first-order chi connectivity index (χ1) is 11.2. The van der Waals surface area contributed by atoms with Gasteiger partial charge in [0.05, 0.1) is 0 Å². The Balaban J connectivity index is 0. The van der Waals surface area contributed by atoms with Gasteiger partial charge in [0, 0.05) is 0 Å². The molecule has 0 nitrogen and oxygen atoms in total. The standard InChI is InChI=1S/C24H54Si3.Na/c1-19(2,3)26(20(4,5)6,21(7,8)9)25-27(22(10,11)12,23(13,14)15)24(16,17)18;/h1-18H3;/q-1;+1. The van der Waals surface area contributed by atoms with E-state index in [1.54, 1.807) is 0 Å². The predicted molar refractivity (Wildman–Crippen MR) is 136 cm³/mol. The molecule has 0 bridgehead atoms. The van der Waals surface area contributed by atoms with Gasteiger partial charge in [-0.2, -0.15) is 0 Å². The van der Waals surface area contributed by atoms with E-state index in [9.17, 15) is 0 Å². The maximum absolute atomic E-state index is 2.58. The van der Waals surface area contributed by atoms with Crippen molar-refractivity contribution < 1.29 is 29.6 Å². The average molecular weight is 450 g/mol. The average Bonchev–Trinajstić information content (AvgIpc) is 2.16. The topological polar surface area (TPSA) is 0 Å². The van der Waals surface area contributed by atoms with E-state index in [0.29, 0.717) is 30.2 Å². The fraction of sp³-hybridized carbons (Fsp3) is 1.00. The normalized spacial score (nSPS) is 16.1. The molecule has 0 spiro atoms. The van der Waals surface area contributed by atoms with Crippen molar-refractivity contribution in [1.29, 1.82) is 0 Å². The molecule has 0 aromatic rings. The first-order valence-corrected chi connectivity index (χ1v) is 18.0. The molecule has 0 aliphatic heterocycles. The van der Waals surface area contributed by atoms with Crippen LogP contribution in [0.2, 0.25) is 30.2 Å². The number of hydrogen-bond acceptors (Lipinski definition) is 0. The first kappa shape index (κ1) is 31.8. The second-order valence-corrected chi connectivity index (χ2v) is 34.9. The summed E-state index contributed by atoms with van der Waals surface area (Å²) < 4.78 is 0. The van der Waals surface area contributed by atoms with Crippen LogP contribution in [0.15, 0.2) is 0 Å². The Bertz CT molecular complexity index is 389. The molecule has 0 aromatic heterocycles. The zero-order chi connectivity index (χ0) is 22.7. The van der Waals surface area contributed by atoms with E-state index in [-0.39, 0.29) is 29.6 Å². The summed E-state index contributed by atoms with van der Waals surface area (Å²) >= 11 is 0. The van der Waals surface area contributed by atoms with Crippen LogP contribution in [0.1, 0.15) is 125 Å².